The molecule has 1 aliphatic rings. The van der Waals surface area contributed by atoms with Crippen molar-refractivity contribution in [3.63, 3.8) is 0 Å². The van der Waals surface area contributed by atoms with Gasteiger partial charge >= 0.3 is 5.69 Å². The Kier molecular flexibility index (Phi) is 5.99. The molecular formula is C28H24FN5O4. The minimum absolute atomic E-state index is 0.00642. The van der Waals surface area contributed by atoms with Crippen LogP contribution in [0.3, 0.4) is 0 Å². The first-order valence-electron chi connectivity index (χ1n) is 11.9. The predicted molar refractivity (Wildman–Crippen MR) is 144 cm³/mol. The van der Waals surface area contributed by atoms with E-state index in [1.54, 1.807) is 24.3 Å². The molecule has 1 saturated carbocycles. The summed E-state index contributed by atoms with van der Waals surface area (Å²) in [7, 11) is 1.47. The molecule has 1 aliphatic carbocycles. The molecule has 10 heteroatoms. The molecule has 1 fully saturated rings. The van der Waals surface area contributed by atoms with Crippen molar-refractivity contribution < 1.29 is 9.18 Å². The van der Waals surface area contributed by atoms with Gasteiger partial charge in [-0.15, -0.1) is 6.42 Å². The first kappa shape index (κ1) is 24.8. The maximum absolute atomic E-state index is 14.9. The lowest BCUT2D eigenvalue weighted by atomic mass is 10.1. The number of terminal acetylenes is 1. The van der Waals surface area contributed by atoms with Crippen LogP contribution in [-0.2, 0) is 11.8 Å². The third-order valence-electron chi connectivity index (χ3n) is 6.57. The summed E-state index contributed by atoms with van der Waals surface area (Å²) in [5.74, 6) is 1.44. The molecule has 0 bridgehead atoms. The maximum atomic E-state index is 14.9. The van der Waals surface area contributed by atoms with Crippen LogP contribution in [0.1, 0.15) is 36.9 Å². The monoisotopic (exact) mass is 513 g/mol. The van der Waals surface area contributed by atoms with E-state index in [0.29, 0.717) is 29.8 Å². The summed E-state index contributed by atoms with van der Waals surface area (Å²) in [6.45, 7) is 2.90. The molecule has 2 N–H and O–H groups in total. The van der Waals surface area contributed by atoms with Crippen LogP contribution in [0.15, 0.2) is 56.8 Å². The topological polar surface area (TPSA) is 107 Å². The number of hydrogen-bond acceptors (Lipinski definition) is 5. The average molecular weight is 514 g/mol. The molecule has 5 rings (SSSR count). The van der Waals surface area contributed by atoms with E-state index in [2.05, 4.69) is 16.6 Å². The van der Waals surface area contributed by atoms with Gasteiger partial charge in [0.15, 0.2) is 0 Å². The smallest absolute Gasteiger partial charge is 0.336 e. The van der Waals surface area contributed by atoms with Gasteiger partial charge < -0.3 is 10.6 Å². The lowest BCUT2D eigenvalue weighted by molar-refractivity contribution is -0.114. The van der Waals surface area contributed by atoms with Crippen molar-refractivity contribution in [3.8, 4) is 18.0 Å². The number of benzene rings is 2. The largest absolute Gasteiger partial charge is 0.338 e. The Morgan fingerprint density at radius 2 is 1.84 bits per heavy atom. The molecule has 0 unspecified atom stereocenters. The zero-order chi connectivity index (χ0) is 27.3. The van der Waals surface area contributed by atoms with E-state index in [1.807, 2.05) is 0 Å². The number of hydrogen-bond donors (Lipinski definition) is 2. The van der Waals surface area contributed by atoms with Crippen LogP contribution in [0.25, 0.3) is 16.6 Å². The van der Waals surface area contributed by atoms with E-state index in [0.717, 1.165) is 0 Å². The van der Waals surface area contributed by atoms with Crippen molar-refractivity contribution in [2.75, 3.05) is 10.6 Å². The first-order valence-corrected chi connectivity index (χ1v) is 11.9. The zero-order valence-corrected chi connectivity index (χ0v) is 21.0. The number of anilines is 3. The van der Waals surface area contributed by atoms with Gasteiger partial charge in [0.1, 0.15) is 17.0 Å². The van der Waals surface area contributed by atoms with Crippen molar-refractivity contribution in [2.24, 2.45) is 7.05 Å². The van der Waals surface area contributed by atoms with E-state index < -0.39 is 22.6 Å². The summed E-state index contributed by atoms with van der Waals surface area (Å²) in [6, 6.07) is 10.4. The van der Waals surface area contributed by atoms with Crippen LogP contribution in [0.4, 0.5) is 21.6 Å². The van der Waals surface area contributed by atoms with Crippen LogP contribution < -0.4 is 27.4 Å². The number of amides is 1. The Hall–Kier alpha value is -4.91. The second kappa shape index (κ2) is 9.19. The molecule has 4 aromatic rings. The van der Waals surface area contributed by atoms with Gasteiger partial charge in [-0.1, -0.05) is 12.0 Å². The van der Waals surface area contributed by atoms with E-state index in [4.69, 9.17) is 6.42 Å². The Morgan fingerprint density at radius 3 is 2.47 bits per heavy atom. The highest BCUT2D eigenvalue weighted by Crippen LogP contribution is 2.34. The Balaban J connectivity index is 1.89. The van der Waals surface area contributed by atoms with Crippen molar-refractivity contribution in [3.05, 3.63) is 90.6 Å². The van der Waals surface area contributed by atoms with Crippen LogP contribution in [-0.4, -0.2) is 19.6 Å². The van der Waals surface area contributed by atoms with Crippen molar-refractivity contribution in [1.29, 1.82) is 0 Å². The van der Waals surface area contributed by atoms with E-state index in [9.17, 15) is 23.6 Å². The van der Waals surface area contributed by atoms with Crippen molar-refractivity contribution in [1.82, 2.24) is 13.7 Å². The number of halogens is 1. The minimum Gasteiger partial charge on any atom is -0.338 e. The van der Waals surface area contributed by atoms with Gasteiger partial charge in [-0.2, -0.15) is 0 Å². The summed E-state index contributed by atoms with van der Waals surface area (Å²) in [5, 5.41) is 5.64. The molecular weight excluding hydrogens is 489 g/mol. The molecule has 0 radical (unpaired) electrons. The van der Waals surface area contributed by atoms with Crippen LogP contribution in [0.2, 0.25) is 0 Å². The second-order valence-corrected chi connectivity index (χ2v) is 9.28. The fourth-order valence-electron chi connectivity index (χ4n) is 4.62. The maximum Gasteiger partial charge on any atom is 0.336 e. The van der Waals surface area contributed by atoms with E-state index in [-0.39, 0.29) is 39.9 Å². The van der Waals surface area contributed by atoms with Gasteiger partial charge in [-0.05, 0) is 56.2 Å². The van der Waals surface area contributed by atoms with Crippen molar-refractivity contribution >= 4 is 34.0 Å². The summed E-state index contributed by atoms with van der Waals surface area (Å²) >= 11 is 0. The minimum atomic E-state index is -0.666. The molecule has 2 aromatic heterocycles. The molecule has 2 heterocycles. The molecule has 0 spiro atoms. The number of rotatable bonds is 5. The first-order chi connectivity index (χ1) is 18.1. The standard InChI is InChI=1S/C28H24FN5O4/c1-5-17-9-12-22(21(29)13-17)31-25-23-24(15(2)26(36)32(25)4)33(28(38)34(27(23)37)19-10-11-19)20-8-6-7-18(14-20)30-16(3)35/h1,6-9,12-14,19,31H,10-11H2,2-4H3,(H,30,35). The number of carbonyl (C=O) groups excluding carboxylic acids is 1. The Labute approximate surface area is 216 Å². The molecule has 2 aromatic carbocycles. The highest BCUT2D eigenvalue weighted by molar-refractivity contribution is 5.94. The number of pyridine rings is 1. The average Bonchev–Trinajstić information content (AvgIpc) is 3.71. The number of fused-ring (bicyclic) bond motifs is 1. The van der Waals surface area contributed by atoms with Crippen LogP contribution >= 0.6 is 0 Å². The van der Waals surface area contributed by atoms with Crippen LogP contribution in [0, 0.1) is 25.1 Å². The number of aromatic nitrogens is 3. The summed E-state index contributed by atoms with van der Waals surface area (Å²) in [4.78, 5) is 52.6. The highest BCUT2D eigenvalue weighted by Gasteiger charge is 2.31. The fraction of sp³-hybridized carbons (Fsp3) is 0.214. The Bertz CT molecular complexity index is 1870. The van der Waals surface area contributed by atoms with E-state index >= 15 is 0 Å². The van der Waals surface area contributed by atoms with Gasteiger partial charge in [-0.3, -0.25) is 28.1 Å². The molecule has 192 valence electrons. The molecule has 0 saturated heterocycles. The third-order valence-corrected chi connectivity index (χ3v) is 6.57. The SMILES string of the molecule is C#Cc1ccc(Nc2c3c(=O)n(C4CC4)c(=O)n(-c4cccc(NC(C)=O)c4)c3c(C)c(=O)n2C)c(F)c1. The number of carbonyl (C=O) groups is 1. The highest BCUT2D eigenvalue weighted by atomic mass is 19.1. The lowest BCUT2D eigenvalue weighted by Gasteiger charge is -2.21. The molecule has 38 heavy (non-hydrogen) atoms. The van der Waals surface area contributed by atoms with Crippen molar-refractivity contribution in [2.45, 2.75) is 32.7 Å². The molecule has 0 atom stereocenters. The fourth-order valence-corrected chi connectivity index (χ4v) is 4.62. The zero-order valence-electron chi connectivity index (χ0n) is 21.0. The molecule has 9 nitrogen and oxygen atoms in total. The Morgan fingerprint density at radius 1 is 1.11 bits per heavy atom. The van der Waals surface area contributed by atoms with Gasteiger partial charge in [0.25, 0.3) is 11.1 Å². The number of nitrogens with zero attached hydrogens (tertiary/aromatic N) is 3. The summed E-state index contributed by atoms with van der Waals surface area (Å²) in [5.41, 5.74) is -0.258. The molecule has 1 amide bonds. The number of nitrogens with one attached hydrogen (secondary N) is 2. The number of aryl methyl sites for hydroxylation is 1. The normalized spacial score (nSPS) is 12.8. The predicted octanol–water partition coefficient (Wildman–Crippen LogP) is 3.32. The van der Waals surface area contributed by atoms with E-state index in [1.165, 1.54) is 52.8 Å². The van der Waals surface area contributed by atoms with Gasteiger partial charge in [-0.25, -0.2) is 9.18 Å². The van der Waals surface area contributed by atoms with Crippen LogP contribution in [0.5, 0.6) is 0 Å². The van der Waals surface area contributed by atoms with Gasteiger partial charge in [0.2, 0.25) is 5.91 Å². The molecule has 0 aliphatic heterocycles. The quantitative estimate of drug-likeness (QED) is 0.398. The van der Waals surface area contributed by atoms with Gasteiger partial charge in [0, 0.05) is 36.8 Å². The van der Waals surface area contributed by atoms with Gasteiger partial charge in [0.05, 0.1) is 16.9 Å². The second-order valence-electron chi connectivity index (χ2n) is 9.28. The summed E-state index contributed by atoms with van der Waals surface area (Å²) < 4.78 is 18.6. The third kappa shape index (κ3) is 4.08. The summed E-state index contributed by atoms with van der Waals surface area (Å²) in [6.07, 6.45) is 6.68. The lowest BCUT2D eigenvalue weighted by Crippen LogP contribution is -2.41.